The van der Waals surface area contributed by atoms with Crippen LogP contribution in [0.2, 0.25) is 0 Å². The predicted octanol–water partition coefficient (Wildman–Crippen LogP) is 2.28. The highest BCUT2D eigenvalue weighted by Crippen LogP contribution is 2.18. The van der Waals surface area contributed by atoms with Crippen LogP contribution in [-0.2, 0) is 18.2 Å². The van der Waals surface area contributed by atoms with E-state index in [2.05, 4.69) is 29.2 Å². The molecule has 0 unspecified atom stereocenters. The van der Waals surface area contributed by atoms with Crippen LogP contribution >= 0.6 is 0 Å². The third-order valence-electron chi connectivity index (χ3n) is 2.60. The normalized spacial score (nSPS) is 10.6. The first-order chi connectivity index (χ1) is 7.81. The minimum absolute atomic E-state index is 0.754. The van der Waals surface area contributed by atoms with E-state index in [1.165, 1.54) is 5.56 Å². The largest absolute Gasteiger partial charge is 0.384 e. The van der Waals surface area contributed by atoms with Gasteiger partial charge in [-0.25, -0.2) is 4.98 Å². The first-order valence-corrected chi connectivity index (χ1v) is 5.37. The van der Waals surface area contributed by atoms with Crippen molar-refractivity contribution in [2.45, 2.75) is 6.42 Å². The number of ether oxygens (including phenoxy) is 1. The summed E-state index contributed by atoms with van der Waals surface area (Å²) < 4.78 is 7.10. The number of benzene rings is 1. The number of hydrogen-bond acceptors (Lipinski definition) is 2. The average Bonchev–Trinajstić information content (AvgIpc) is 2.73. The van der Waals surface area contributed by atoms with Crippen LogP contribution in [0, 0.1) is 0 Å². The van der Waals surface area contributed by atoms with Crippen LogP contribution in [0.3, 0.4) is 0 Å². The van der Waals surface area contributed by atoms with E-state index in [1.807, 2.05) is 24.0 Å². The van der Waals surface area contributed by atoms with Gasteiger partial charge < -0.3 is 9.30 Å². The van der Waals surface area contributed by atoms with Crippen LogP contribution in [0.5, 0.6) is 0 Å². The number of hydrogen-bond donors (Lipinski definition) is 0. The smallest absolute Gasteiger partial charge is 0.139 e. The standard InChI is InChI=1S/C13H16N2O/c1-15-8-7-14-13(15)12-5-3-4-11(10-12)6-9-16-2/h3-5,7-8,10H,6,9H2,1-2H3. The summed E-state index contributed by atoms with van der Waals surface area (Å²) in [5.41, 5.74) is 2.43. The molecule has 16 heavy (non-hydrogen) atoms. The number of aryl methyl sites for hydroxylation is 1. The Kier molecular flexibility index (Phi) is 3.37. The second kappa shape index (κ2) is 4.94. The highest BCUT2D eigenvalue weighted by molar-refractivity contribution is 5.56. The SMILES string of the molecule is COCCc1cccc(-c2nccn2C)c1. The highest BCUT2D eigenvalue weighted by atomic mass is 16.5. The lowest BCUT2D eigenvalue weighted by molar-refractivity contribution is 0.202. The first kappa shape index (κ1) is 10.9. The van der Waals surface area contributed by atoms with E-state index in [4.69, 9.17) is 4.74 Å². The monoisotopic (exact) mass is 216 g/mol. The van der Waals surface area contributed by atoms with E-state index in [0.717, 1.165) is 24.4 Å². The molecule has 2 aromatic rings. The van der Waals surface area contributed by atoms with Crippen molar-refractivity contribution in [2.24, 2.45) is 7.05 Å². The Bertz CT molecular complexity index is 462. The topological polar surface area (TPSA) is 27.1 Å². The van der Waals surface area contributed by atoms with Crippen molar-refractivity contribution in [3.05, 3.63) is 42.2 Å². The molecule has 0 N–H and O–H groups in total. The van der Waals surface area contributed by atoms with Gasteiger partial charge in [-0.15, -0.1) is 0 Å². The Hall–Kier alpha value is -1.61. The summed E-state index contributed by atoms with van der Waals surface area (Å²) in [6.45, 7) is 0.754. The summed E-state index contributed by atoms with van der Waals surface area (Å²) in [5, 5.41) is 0. The summed E-state index contributed by atoms with van der Waals surface area (Å²) in [7, 11) is 3.73. The number of rotatable bonds is 4. The molecular weight excluding hydrogens is 200 g/mol. The lowest BCUT2D eigenvalue weighted by Gasteiger charge is -2.05. The Morgan fingerprint density at radius 1 is 1.38 bits per heavy atom. The van der Waals surface area contributed by atoms with Crippen LogP contribution in [0.4, 0.5) is 0 Å². The van der Waals surface area contributed by atoms with Crippen molar-refractivity contribution in [1.82, 2.24) is 9.55 Å². The molecule has 0 saturated carbocycles. The first-order valence-electron chi connectivity index (χ1n) is 5.37. The van der Waals surface area contributed by atoms with Crippen molar-refractivity contribution < 1.29 is 4.74 Å². The Labute approximate surface area is 95.7 Å². The number of aromatic nitrogens is 2. The zero-order valence-electron chi connectivity index (χ0n) is 9.68. The molecule has 1 aromatic heterocycles. The Morgan fingerprint density at radius 2 is 2.25 bits per heavy atom. The maximum atomic E-state index is 5.08. The summed E-state index contributed by atoms with van der Waals surface area (Å²) >= 11 is 0. The van der Waals surface area contributed by atoms with Crippen LogP contribution < -0.4 is 0 Å². The minimum Gasteiger partial charge on any atom is -0.384 e. The molecule has 0 aliphatic carbocycles. The van der Waals surface area contributed by atoms with Gasteiger partial charge in [-0.3, -0.25) is 0 Å². The van der Waals surface area contributed by atoms with Gasteiger partial charge in [-0.2, -0.15) is 0 Å². The second-order valence-corrected chi connectivity index (χ2v) is 3.80. The van der Waals surface area contributed by atoms with Crippen molar-refractivity contribution >= 4 is 0 Å². The quantitative estimate of drug-likeness (QED) is 0.784. The molecule has 0 saturated heterocycles. The maximum absolute atomic E-state index is 5.08. The molecule has 84 valence electrons. The molecule has 0 bridgehead atoms. The van der Waals surface area contributed by atoms with Gasteiger partial charge >= 0.3 is 0 Å². The van der Waals surface area contributed by atoms with E-state index in [9.17, 15) is 0 Å². The molecule has 0 amide bonds. The van der Waals surface area contributed by atoms with Crippen molar-refractivity contribution in [3.63, 3.8) is 0 Å². The van der Waals surface area contributed by atoms with Gasteiger partial charge in [0.1, 0.15) is 5.82 Å². The van der Waals surface area contributed by atoms with Gasteiger partial charge in [0.2, 0.25) is 0 Å². The van der Waals surface area contributed by atoms with Crippen molar-refractivity contribution in [3.8, 4) is 11.4 Å². The van der Waals surface area contributed by atoms with Gasteiger partial charge in [0, 0.05) is 32.1 Å². The molecule has 3 nitrogen and oxygen atoms in total. The zero-order chi connectivity index (χ0) is 11.4. The van der Waals surface area contributed by atoms with Gasteiger partial charge in [-0.05, 0) is 18.1 Å². The van der Waals surface area contributed by atoms with Crippen LogP contribution in [-0.4, -0.2) is 23.3 Å². The third-order valence-corrected chi connectivity index (χ3v) is 2.60. The molecule has 0 atom stereocenters. The maximum Gasteiger partial charge on any atom is 0.139 e. The second-order valence-electron chi connectivity index (χ2n) is 3.80. The fourth-order valence-corrected chi connectivity index (χ4v) is 1.73. The predicted molar refractivity (Wildman–Crippen MR) is 64.2 cm³/mol. The van der Waals surface area contributed by atoms with E-state index in [1.54, 1.807) is 7.11 Å². The summed E-state index contributed by atoms with van der Waals surface area (Å²) in [6, 6.07) is 8.43. The van der Waals surface area contributed by atoms with E-state index < -0.39 is 0 Å². The molecule has 1 heterocycles. The zero-order valence-corrected chi connectivity index (χ0v) is 9.68. The number of nitrogens with zero attached hydrogens (tertiary/aromatic N) is 2. The summed E-state index contributed by atoms with van der Waals surface area (Å²) in [6.07, 6.45) is 4.71. The molecule has 0 aliphatic rings. The summed E-state index contributed by atoms with van der Waals surface area (Å²) in [5.74, 6) is 0.999. The molecule has 3 heteroatoms. The molecule has 0 aliphatic heterocycles. The van der Waals surface area contributed by atoms with E-state index in [-0.39, 0.29) is 0 Å². The van der Waals surface area contributed by atoms with Crippen molar-refractivity contribution in [1.29, 1.82) is 0 Å². The molecule has 0 fully saturated rings. The molecule has 0 radical (unpaired) electrons. The molecular formula is C13H16N2O. The fraction of sp³-hybridized carbons (Fsp3) is 0.308. The minimum atomic E-state index is 0.754. The fourth-order valence-electron chi connectivity index (χ4n) is 1.73. The van der Waals surface area contributed by atoms with Crippen molar-refractivity contribution in [2.75, 3.05) is 13.7 Å². The molecule has 1 aromatic carbocycles. The molecule has 2 rings (SSSR count). The lowest BCUT2D eigenvalue weighted by Crippen LogP contribution is -1.96. The van der Waals surface area contributed by atoms with E-state index >= 15 is 0 Å². The summed E-state index contributed by atoms with van der Waals surface area (Å²) in [4.78, 5) is 4.34. The van der Waals surface area contributed by atoms with Crippen LogP contribution in [0.15, 0.2) is 36.7 Å². The van der Waals surface area contributed by atoms with Crippen LogP contribution in [0.25, 0.3) is 11.4 Å². The van der Waals surface area contributed by atoms with Gasteiger partial charge in [0.05, 0.1) is 6.61 Å². The van der Waals surface area contributed by atoms with Crippen LogP contribution in [0.1, 0.15) is 5.56 Å². The lowest BCUT2D eigenvalue weighted by atomic mass is 10.1. The van der Waals surface area contributed by atoms with Gasteiger partial charge in [-0.1, -0.05) is 18.2 Å². The van der Waals surface area contributed by atoms with Gasteiger partial charge in [0.25, 0.3) is 0 Å². The Balaban J connectivity index is 2.26. The Morgan fingerprint density at radius 3 is 2.94 bits per heavy atom. The third kappa shape index (κ3) is 2.31. The number of methoxy groups -OCH3 is 1. The van der Waals surface area contributed by atoms with Gasteiger partial charge in [0.15, 0.2) is 0 Å². The average molecular weight is 216 g/mol. The highest BCUT2D eigenvalue weighted by Gasteiger charge is 2.03. The number of imidazole rings is 1. The van der Waals surface area contributed by atoms with E-state index in [0.29, 0.717) is 0 Å². The molecule has 0 spiro atoms.